The molecule has 0 aromatic heterocycles. The second-order valence-electron chi connectivity index (χ2n) is 3.54. The fourth-order valence-corrected chi connectivity index (χ4v) is 0.801. The lowest BCUT2D eigenvalue weighted by Gasteiger charge is -2.15. The zero-order valence-electron chi connectivity index (χ0n) is 9.29. The molecule has 0 bridgehead atoms. The van der Waals surface area contributed by atoms with Crippen molar-refractivity contribution in [3.63, 3.8) is 0 Å². The first-order valence-corrected chi connectivity index (χ1v) is 5.06. The monoisotopic (exact) mass is 203 g/mol. The van der Waals surface area contributed by atoms with Crippen molar-refractivity contribution in [3.05, 3.63) is 0 Å². The summed E-state index contributed by atoms with van der Waals surface area (Å²) >= 11 is 0. The molecule has 0 heterocycles. The highest BCUT2D eigenvalue weighted by Crippen LogP contribution is 1.99. The van der Waals surface area contributed by atoms with Crippen LogP contribution in [0, 0.1) is 5.92 Å². The Morgan fingerprint density at radius 1 is 1.43 bits per heavy atom. The molecular formula is C10H21NO3. The molecule has 0 saturated carbocycles. The Hall–Kier alpha value is -0.610. The van der Waals surface area contributed by atoms with Gasteiger partial charge in [-0.05, 0) is 12.8 Å². The predicted octanol–water partition coefficient (Wildman–Crippen LogP) is 0.940. The largest absolute Gasteiger partial charge is 0.466 e. The highest BCUT2D eigenvalue weighted by atomic mass is 16.5. The number of ether oxygens (including phenoxy) is 2. The summed E-state index contributed by atoms with van der Waals surface area (Å²) in [4.78, 5) is 10.9. The van der Waals surface area contributed by atoms with Crippen LogP contribution in [-0.2, 0) is 14.3 Å². The Kier molecular flexibility index (Phi) is 7.42. The molecule has 0 spiro atoms. The Labute approximate surface area is 85.8 Å². The molecule has 0 aromatic rings. The van der Waals surface area contributed by atoms with Gasteiger partial charge in [0.05, 0.1) is 26.2 Å². The topological polar surface area (TPSA) is 61.5 Å². The second-order valence-corrected chi connectivity index (χ2v) is 3.54. The SMILES string of the molecule is CCOC(=O)CCOCC(N)C(C)C. The smallest absolute Gasteiger partial charge is 0.308 e. The number of nitrogens with two attached hydrogens (primary N) is 1. The van der Waals surface area contributed by atoms with Crippen LogP contribution in [0.25, 0.3) is 0 Å². The maximum atomic E-state index is 10.9. The predicted molar refractivity (Wildman–Crippen MR) is 54.9 cm³/mol. The first-order valence-electron chi connectivity index (χ1n) is 5.06. The molecule has 2 N–H and O–H groups in total. The lowest BCUT2D eigenvalue weighted by atomic mass is 10.1. The summed E-state index contributed by atoms with van der Waals surface area (Å²) in [7, 11) is 0. The van der Waals surface area contributed by atoms with Crippen LogP contribution >= 0.6 is 0 Å². The van der Waals surface area contributed by atoms with Crippen molar-refractivity contribution < 1.29 is 14.3 Å². The number of rotatable bonds is 7. The van der Waals surface area contributed by atoms with Crippen molar-refractivity contribution in [2.24, 2.45) is 11.7 Å². The molecule has 14 heavy (non-hydrogen) atoms. The minimum atomic E-state index is -0.217. The Balaban J connectivity index is 3.33. The van der Waals surface area contributed by atoms with E-state index < -0.39 is 0 Å². The van der Waals surface area contributed by atoms with Crippen molar-refractivity contribution in [3.8, 4) is 0 Å². The van der Waals surface area contributed by atoms with E-state index in [-0.39, 0.29) is 12.0 Å². The van der Waals surface area contributed by atoms with E-state index in [2.05, 4.69) is 0 Å². The van der Waals surface area contributed by atoms with Gasteiger partial charge in [-0.15, -0.1) is 0 Å². The molecule has 84 valence electrons. The summed E-state index contributed by atoms with van der Waals surface area (Å²) < 4.78 is 9.99. The minimum absolute atomic E-state index is 0.0391. The summed E-state index contributed by atoms with van der Waals surface area (Å²) in [6.07, 6.45) is 0.304. The van der Waals surface area contributed by atoms with Crippen molar-refractivity contribution in [1.82, 2.24) is 0 Å². The van der Waals surface area contributed by atoms with Gasteiger partial charge in [-0.25, -0.2) is 0 Å². The van der Waals surface area contributed by atoms with E-state index in [4.69, 9.17) is 15.2 Å². The average Bonchev–Trinajstić information content (AvgIpc) is 2.12. The van der Waals surface area contributed by atoms with Gasteiger partial charge in [-0.3, -0.25) is 4.79 Å². The van der Waals surface area contributed by atoms with Crippen LogP contribution in [0.15, 0.2) is 0 Å². The van der Waals surface area contributed by atoms with Crippen LogP contribution in [0.5, 0.6) is 0 Å². The summed E-state index contributed by atoms with van der Waals surface area (Å²) in [5, 5.41) is 0. The molecule has 1 unspecified atom stereocenters. The Morgan fingerprint density at radius 2 is 2.07 bits per heavy atom. The first-order chi connectivity index (χ1) is 6.57. The molecular weight excluding hydrogens is 182 g/mol. The van der Waals surface area contributed by atoms with Gasteiger partial charge in [-0.2, -0.15) is 0 Å². The summed E-state index contributed by atoms with van der Waals surface area (Å²) in [5.41, 5.74) is 5.75. The van der Waals surface area contributed by atoms with E-state index in [1.54, 1.807) is 6.92 Å². The van der Waals surface area contributed by atoms with Crippen molar-refractivity contribution in [2.75, 3.05) is 19.8 Å². The van der Waals surface area contributed by atoms with E-state index in [0.29, 0.717) is 32.2 Å². The van der Waals surface area contributed by atoms with Gasteiger partial charge in [0.25, 0.3) is 0 Å². The van der Waals surface area contributed by atoms with Gasteiger partial charge in [0.15, 0.2) is 0 Å². The lowest BCUT2D eigenvalue weighted by Crippen LogP contribution is -2.32. The number of carbonyl (C=O) groups is 1. The van der Waals surface area contributed by atoms with Crippen LogP contribution in [-0.4, -0.2) is 31.8 Å². The van der Waals surface area contributed by atoms with E-state index in [0.717, 1.165) is 0 Å². The van der Waals surface area contributed by atoms with Gasteiger partial charge in [-0.1, -0.05) is 13.8 Å². The standard InChI is InChI=1S/C10H21NO3/c1-4-14-10(12)5-6-13-7-9(11)8(2)3/h8-9H,4-7,11H2,1-3H3. The molecule has 4 nitrogen and oxygen atoms in total. The molecule has 0 aliphatic rings. The summed E-state index contributed by atoms with van der Waals surface area (Å²) in [5.74, 6) is 0.184. The van der Waals surface area contributed by atoms with Crippen molar-refractivity contribution in [2.45, 2.75) is 33.2 Å². The average molecular weight is 203 g/mol. The molecule has 1 atom stereocenters. The van der Waals surface area contributed by atoms with Crippen LogP contribution in [0.3, 0.4) is 0 Å². The number of esters is 1. The van der Waals surface area contributed by atoms with E-state index >= 15 is 0 Å². The molecule has 0 amide bonds. The van der Waals surface area contributed by atoms with E-state index in [1.807, 2.05) is 13.8 Å². The Morgan fingerprint density at radius 3 is 2.57 bits per heavy atom. The molecule has 0 fully saturated rings. The van der Waals surface area contributed by atoms with E-state index in [1.165, 1.54) is 0 Å². The first kappa shape index (κ1) is 13.4. The quantitative estimate of drug-likeness (QED) is 0.494. The third-order valence-corrected chi connectivity index (χ3v) is 1.92. The zero-order chi connectivity index (χ0) is 11.0. The van der Waals surface area contributed by atoms with Gasteiger partial charge in [0.2, 0.25) is 0 Å². The number of hydrogen-bond acceptors (Lipinski definition) is 4. The highest BCUT2D eigenvalue weighted by Gasteiger charge is 2.08. The lowest BCUT2D eigenvalue weighted by molar-refractivity contribution is -0.144. The number of hydrogen-bond donors (Lipinski definition) is 1. The summed E-state index contributed by atoms with van der Waals surface area (Å²) in [6, 6.07) is 0.0391. The maximum absolute atomic E-state index is 10.9. The molecule has 0 rings (SSSR count). The molecule has 0 aromatic carbocycles. The summed E-state index contributed by atoms with van der Waals surface area (Å²) in [6.45, 7) is 7.17. The van der Waals surface area contributed by atoms with Gasteiger partial charge in [0, 0.05) is 6.04 Å². The molecule has 0 radical (unpaired) electrons. The minimum Gasteiger partial charge on any atom is -0.466 e. The normalized spacial score (nSPS) is 12.9. The van der Waals surface area contributed by atoms with Crippen molar-refractivity contribution >= 4 is 5.97 Å². The third kappa shape index (κ3) is 6.86. The van der Waals surface area contributed by atoms with Crippen LogP contribution in [0.4, 0.5) is 0 Å². The van der Waals surface area contributed by atoms with Crippen molar-refractivity contribution in [1.29, 1.82) is 0 Å². The third-order valence-electron chi connectivity index (χ3n) is 1.92. The highest BCUT2D eigenvalue weighted by molar-refractivity contribution is 5.69. The fraction of sp³-hybridized carbons (Fsp3) is 0.900. The van der Waals surface area contributed by atoms with Gasteiger partial charge >= 0.3 is 5.97 Å². The fourth-order valence-electron chi connectivity index (χ4n) is 0.801. The zero-order valence-corrected chi connectivity index (χ0v) is 9.29. The Bertz CT molecular complexity index is 159. The maximum Gasteiger partial charge on any atom is 0.308 e. The second kappa shape index (κ2) is 7.76. The van der Waals surface area contributed by atoms with Crippen LogP contribution in [0.1, 0.15) is 27.2 Å². The molecule has 0 aliphatic heterocycles. The number of carbonyl (C=O) groups excluding carboxylic acids is 1. The molecule has 4 heteroatoms. The van der Waals surface area contributed by atoms with Gasteiger partial charge in [0.1, 0.15) is 0 Å². The van der Waals surface area contributed by atoms with Gasteiger partial charge < -0.3 is 15.2 Å². The van der Waals surface area contributed by atoms with Crippen LogP contribution < -0.4 is 5.73 Å². The van der Waals surface area contributed by atoms with Crippen LogP contribution in [0.2, 0.25) is 0 Å². The molecule has 0 saturated heterocycles. The van der Waals surface area contributed by atoms with E-state index in [9.17, 15) is 4.79 Å². The molecule has 0 aliphatic carbocycles.